The number of amides is 1. The first kappa shape index (κ1) is 22.3. The van der Waals surface area contributed by atoms with Crippen LogP contribution in [0.25, 0.3) is 0 Å². The second-order valence-electron chi connectivity index (χ2n) is 11.5. The predicted octanol–water partition coefficient (Wildman–Crippen LogP) is 6.59. The monoisotopic (exact) mass is 477 g/mol. The van der Waals surface area contributed by atoms with Gasteiger partial charge < -0.3 is 10.1 Å². The van der Waals surface area contributed by atoms with Gasteiger partial charge >= 0.3 is 5.97 Å². The van der Waals surface area contributed by atoms with E-state index in [-0.39, 0.29) is 22.7 Å². The number of carbonyl (C=O) groups excluding carboxylic acids is 2. The molecule has 34 heavy (non-hydrogen) atoms. The number of esters is 1. The van der Waals surface area contributed by atoms with Crippen LogP contribution < -0.4 is 5.32 Å². The summed E-state index contributed by atoms with van der Waals surface area (Å²) in [7, 11) is 0. The van der Waals surface area contributed by atoms with Gasteiger partial charge in [0, 0.05) is 4.88 Å². The quantitative estimate of drug-likeness (QED) is 0.494. The third kappa shape index (κ3) is 3.54. The van der Waals surface area contributed by atoms with Gasteiger partial charge in [-0.2, -0.15) is 0 Å². The lowest BCUT2D eigenvalue weighted by atomic mass is 9.42. The second kappa shape index (κ2) is 8.22. The maximum Gasteiger partial charge on any atom is 0.341 e. The lowest BCUT2D eigenvalue weighted by Crippen LogP contribution is -2.58. The van der Waals surface area contributed by atoms with Crippen molar-refractivity contribution in [3.05, 3.63) is 51.4 Å². The fraction of sp³-hybridized carbons (Fsp3) is 0.586. The van der Waals surface area contributed by atoms with E-state index in [1.165, 1.54) is 35.3 Å². The number of benzene rings is 1. The highest BCUT2D eigenvalue weighted by atomic mass is 32.1. The van der Waals surface area contributed by atoms with Crippen molar-refractivity contribution in [3.8, 4) is 0 Å². The number of nitrogens with one attached hydrogen (secondary N) is 1. The lowest BCUT2D eigenvalue weighted by Gasteiger charge is -2.61. The fourth-order valence-electron chi connectivity index (χ4n) is 8.08. The molecule has 5 heteroatoms. The molecular weight excluding hydrogens is 442 g/mol. The molecular formula is C29H35NO3S. The first-order chi connectivity index (χ1) is 16.4. The van der Waals surface area contributed by atoms with Crippen molar-refractivity contribution in [2.24, 2.45) is 17.3 Å². The minimum absolute atomic E-state index is 0.119. The smallest absolute Gasteiger partial charge is 0.341 e. The van der Waals surface area contributed by atoms with Crippen LogP contribution in [0.5, 0.6) is 0 Å². The molecule has 4 saturated carbocycles. The summed E-state index contributed by atoms with van der Waals surface area (Å²) in [4.78, 5) is 28.3. The Kier molecular flexibility index (Phi) is 5.40. The zero-order valence-corrected chi connectivity index (χ0v) is 21.2. The number of anilines is 1. The van der Waals surface area contributed by atoms with E-state index in [1.54, 1.807) is 11.3 Å². The third-order valence-corrected chi connectivity index (χ3v) is 10.3. The number of fused-ring (bicyclic) bond motifs is 1. The van der Waals surface area contributed by atoms with E-state index in [2.05, 4.69) is 36.5 Å². The summed E-state index contributed by atoms with van der Waals surface area (Å²) in [5, 5.41) is 4.05. The van der Waals surface area contributed by atoms with Crippen LogP contribution in [0, 0.1) is 24.2 Å². The molecule has 2 unspecified atom stereocenters. The number of thiophene rings is 1. The van der Waals surface area contributed by atoms with Crippen LogP contribution in [0.1, 0.15) is 90.2 Å². The average Bonchev–Trinajstić information content (AvgIpc) is 3.16. The van der Waals surface area contributed by atoms with Gasteiger partial charge in [0.15, 0.2) is 0 Å². The first-order valence-corrected chi connectivity index (χ1v) is 13.9. The van der Waals surface area contributed by atoms with E-state index in [1.807, 2.05) is 6.92 Å². The van der Waals surface area contributed by atoms with Crippen molar-refractivity contribution in [3.63, 3.8) is 0 Å². The lowest BCUT2D eigenvalue weighted by molar-refractivity contribution is -0.143. The van der Waals surface area contributed by atoms with Crippen molar-refractivity contribution in [2.75, 3.05) is 11.9 Å². The van der Waals surface area contributed by atoms with Crippen molar-refractivity contribution in [1.29, 1.82) is 0 Å². The molecule has 4 bridgehead atoms. The van der Waals surface area contributed by atoms with Crippen molar-refractivity contribution in [1.82, 2.24) is 0 Å². The zero-order chi connectivity index (χ0) is 23.5. The number of ether oxygens (including phenoxy) is 1. The molecule has 4 fully saturated rings. The molecule has 0 saturated heterocycles. The standard InChI is InChI=1S/C29H35NO3S/c1-3-33-26(31)24-22-6-4-5-7-23(22)34-25(24)30-27(32)29-15-19-12-20(16-29)14-28(13-19,17-29)21-10-8-18(2)9-11-21/h8-11,19-20H,3-7,12-17H2,1-2H3,(H,30,32)/t19-,20+,28?,29?. The molecule has 5 aliphatic rings. The number of carbonyl (C=O) groups is 2. The molecule has 0 radical (unpaired) electrons. The van der Waals surface area contributed by atoms with Crippen LogP contribution in [0.3, 0.4) is 0 Å². The molecule has 7 rings (SSSR count). The summed E-state index contributed by atoms with van der Waals surface area (Å²) >= 11 is 1.61. The Labute approximate surface area is 206 Å². The Morgan fingerprint density at radius 2 is 1.76 bits per heavy atom. The molecule has 1 aromatic heterocycles. The van der Waals surface area contributed by atoms with E-state index < -0.39 is 0 Å². The molecule has 2 aromatic rings. The highest BCUT2D eigenvalue weighted by molar-refractivity contribution is 7.17. The molecule has 1 aromatic carbocycles. The highest BCUT2D eigenvalue weighted by Crippen LogP contribution is 2.66. The van der Waals surface area contributed by atoms with Gasteiger partial charge in [0.25, 0.3) is 0 Å². The van der Waals surface area contributed by atoms with Crippen LogP contribution in [0.2, 0.25) is 0 Å². The highest BCUT2D eigenvalue weighted by Gasteiger charge is 2.61. The first-order valence-electron chi connectivity index (χ1n) is 13.1. The second-order valence-corrected chi connectivity index (χ2v) is 12.6. The van der Waals surface area contributed by atoms with Gasteiger partial charge in [0.05, 0.1) is 17.6 Å². The maximum absolute atomic E-state index is 14.1. The summed E-state index contributed by atoms with van der Waals surface area (Å²) in [6.07, 6.45) is 10.7. The van der Waals surface area contributed by atoms with E-state index in [4.69, 9.17) is 4.74 Å². The third-order valence-electron chi connectivity index (χ3n) is 9.08. The maximum atomic E-state index is 14.1. The zero-order valence-electron chi connectivity index (χ0n) is 20.4. The molecule has 5 aliphatic carbocycles. The predicted molar refractivity (Wildman–Crippen MR) is 136 cm³/mol. The average molecular weight is 478 g/mol. The summed E-state index contributed by atoms with van der Waals surface area (Å²) < 4.78 is 5.42. The van der Waals surface area contributed by atoms with Crippen LogP contribution in [-0.2, 0) is 27.8 Å². The summed E-state index contributed by atoms with van der Waals surface area (Å²) in [6, 6.07) is 9.06. The van der Waals surface area contributed by atoms with Crippen LogP contribution in [0.4, 0.5) is 5.00 Å². The van der Waals surface area contributed by atoms with Crippen LogP contribution in [-0.4, -0.2) is 18.5 Å². The molecule has 0 aliphatic heterocycles. The molecule has 1 N–H and O–H groups in total. The molecule has 1 amide bonds. The van der Waals surface area contributed by atoms with E-state index in [0.717, 1.165) is 55.5 Å². The van der Waals surface area contributed by atoms with Gasteiger partial charge in [-0.3, -0.25) is 4.79 Å². The minimum Gasteiger partial charge on any atom is -0.462 e. The SMILES string of the molecule is CCOC(=O)c1c(NC(=O)C23C[C@H]4C[C@@H](C2)CC(c2ccc(C)cc2)(C4)C3)sc2c1CCCC2. The Morgan fingerprint density at radius 3 is 2.47 bits per heavy atom. The normalized spacial score (nSPS) is 31.2. The van der Waals surface area contributed by atoms with Gasteiger partial charge in [-0.15, -0.1) is 11.3 Å². The molecule has 180 valence electrons. The molecule has 4 atom stereocenters. The van der Waals surface area contributed by atoms with Gasteiger partial charge in [-0.1, -0.05) is 29.8 Å². The van der Waals surface area contributed by atoms with Gasteiger partial charge in [-0.25, -0.2) is 4.79 Å². The summed E-state index contributed by atoms with van der Waals surface area (Å²) in [6.45, 7) is 4.33. The molecule has 0 spiro atoms. The topological polar surface area (TPSA) is 55.4 Å². The number of aryl methyl sites for hydroxylation is 2. The van der Waals surface area contributed by atoms with Gasteiger partial charge in [-0.05, 0) is 106 Å². The molecule has 4 nitrogen and oxygen atoms in total. The fourth-order valence-corrected chi connectivity index (χ4v) is 9.35. The summed E-state index contributed by atoms with van der Waals surface area (Å²) in [5.74, 6) is 1.10. The summed E-state index contributed by atoms with van der Waals surface area (Å²) in [5.41, 5.74) is 4.25. The van der Waals surface area contributed by atoms with Gasteiger partial charge in [0.1, 0.15) is 5.00 Å². The van der Waals surface area contributed by atoms with Crippen molar-refractivity contribution < 1.29 is 14.3 Å². The Hall–Kier alpha value is -2.14. The Morgan fingerprint density at radius 1 is 1.06 bits per heavy atom. The van der Waals surface area contributed by atoms with E-state index in [9.17, 15) is 9.59 Å². The molecule has 1 heterocycles. The van der Waals surface area contributed by atoms with Crippen LogP contribution >= 0.6 is 11.3 Å². The van der Waals surface area contributed by atoms with Crippen molar-refractivity contribution >= 4 is 28.2 Å². The van der Waals surface area contributed by atoms with Gasteiger partial charge in [0.2, 0.25) is 5.91 Å². The van der Waals surface area contributed by atoms with E-state index >= 15 is 0 Å². The number of hydrogen-bond acceptors (Lipinski definition) is 4. The van der Waals surface area contributed by atoms with Crippen molar-refractivity contribution in [2.45, 2.75) is 83.5 Å². The minimum atomic E-state index is -0.328. The van der Waals surface area contributed by atoms with E-state index in [0.29, 0.717) is 24.0 Å². The largest absolute Gasteiger partial charge is 0.462 e. The number of rotatable bonds is 5. The Bertz CT molecular complexity index is 1120. The van der Waals surface area contributed by atoms with Crippen LogP contribution in [0.15, 0.2) is 24.3 Å². The Balaban J connectivity index is 1.33. The number of hydrogen-bond donors (Lipinski definition) is 1.